The van der Waals surface area contributed by atoms with Gasteiger partial charge in [-0.15, -0.1) is 0 Å². The number of carbonyl (C=O) groups excluding carboxylic acids is 1. The molecule has 8 nitrogen and oxygen atoms in total. The summed E-state index contributed by atoms with van der Waals surface area (Å²) in [6, 6.07) is 7.38. The highest BCUT2D eigenvalue weighted by Gasteiger charge is 2.21. The number of piperazine rings is 1. The topological polar surface area (TPSA) is 83.7 Å². The number of carbonyl (C=O) groups is 1. The smallest absolute Gasteiger partial charge is 0.241 e. The van der Waals surface area contributed by atoms with Gasteiger partial charge in [-0.2, -0.15) is 4.98 Å². The lowest BCUT2D eigenvalue weighted by Crippen LogP contribution is -2.49. The van der Waals surface area contributed by atoms with Crippen LogP contribution in [0.4, 0.5) is 0 Å². The first-order valence-electron chi connectivity index (χ1n) is 8.93. The van der Waals surface area contributed by atoms with E-state index < -0.39 is 0 Å². The van der Waals surface area contributed by atoms with Crippen LogP contribution in [-0.2, 0) is 16.1 Å². The number of aromatic nitrogens is 2. The number of nitrogens with zero attached hydrogens (tertiary/aromatic N) is 4. The van der Waals surface area contributed by atoms with Gasteiger partial charge in [0.25, 0.3) is 0 Å². The summed E-state index contributed by atoms with van der Waals surface area (Å²) in [7, 11) is 1.62. The minimum Gasteiger partial charge on any atom is -0.383 e. The Balaban J connectivity index is 1.44. The lowest BCUT2D eigenvalue weighted by atomic mass is 10.2. The maximum absolute atomic E-state index is 11.9. The molecular weight excluding hydrogens is 370 g/mol. The highest BCUT2D eigenvalue weighted by atomic mass is 35.5. The Morgan fingerprint density at radius 3 is 2.81 bits per heavy atom. The third-order valence-electron chi connectivity index (χ3n) is 4.37. The number of nitrogens with one attached hydrogen (secondary N) is 1. The molecule has 1 aromatic carbocycles. The molecule has 0 spiro atoms. The van der Waals surface area contributed by atoms with Crippen LogP contribution in [0.3, 0.4) is 0 Å². The quantitative estimate of drug-likeness (QED) is 0.676. The number of methoxy groups -OCH3 is 1. The van der Waals surface area contributed by atoms with Crippen molar-refractivity contribution < 1.29 is 14.1 Å². The van der Waals surface area contributed by atoms with Gasteiger partial charge in [0.15, 0.2) is 0 Å². The first-order valence-corrected chi connectivity index (χ1v) is 9.30. The molecule has 1 aromatic heterocycles. The summed E-state index contributed by atoms with van der Waals surface area (Å²) in [4.78, 5) is 20.7. The minimum absolute atomic E-state index is 0.0311. The van der Waals surface area contributed by atoms with Gasteiger partial charge >= 0.3 is 0 Å². The molecule has 1 aliphatic rings. The third-order valence-corrected chi connectivity index (χ3v) is 4.61. The van der Waals surface area contributed by atoms with Crippen molar-refractivity contribution in [2.75, 3.05) is 53.0 Å². The molecule has 0 radical (unpaired) electrons. The highest BCUT2D eigenvalue weighted by Crippen LogP contribution is 2.20. The molecule has 0 bridgehead atoms. The largest absolute Gasteiger partial charge is 0.383 e. The van der Waals surface area contributed by atoms with Crippen LogP contribution in [0.2, 0.25) is 5.02 Å². The Morgan fingerprint density at radius 2 is 2.07 bits per heavy atom. The van der Waals surface area contributed by atoms with Crippen molar-refractivity contribution in [2.24, 2.45) is 0 Å². The zero-order chi connectivity index (χ0) is 19.1. The van der Waals surface area contributed by atoms with E-state index in [0.29, 0.717) is 43.0 Å². The van der Waals surface area contributed by atoms with Crippen LogP contribution in [-0.4, -0.2) is 78.8 Å². The summed E-state index contributed by atoms with van der Waals surface area (Å²) >= 11 is 6.01. The molecule has 1 aliphatic heterocycles. The fourth-order valence-corrected chi connectivity index (χ4v) is 3.10. The molecule has 0 saturated carbocycles. The molecule has 0 atom stereocenters. The fraction of sp³-hybridized carbons (Fsp3) is 0.500. The summed E-state index contributed by atoms with van der Waals surface area (Å²) in [6.45, 7) is 5.43. The number of ether oxygens (including phenoxy) is 1. The summed E-state index contributed by atoms with van der Waals surface area (Å²) < 4.78 is 10.3. The van der Waals surface area contributed by atoms with Crippen molar-refractivity contribution in [1.29, 1.82) is 0 Å². The van der Waals surface area contributed by atoms with E-state index in [9.17, 15) is 4.79 Å². The number of rotatable bonds is 8. The zero-order valence-electron chi connectivity index (χ0n) is 15.4. The van der Waals surface area contributed by atoms with Gasteiger partial charge in [0.1, 0.15) is 0 Å². The van der Waals surface area contributed by atoms with Crippen molar-refractivity contribution in [1.82, 2.24) is 25.3 Å². The maximum atomic E-state index is 11.9. The van der Waals surface area contributed by atoms with Crippen LogP contribution >= 0.6 is 11.6 Å². The highest BCUT2D eigenvalue weighted by molar-refractivity contribution is 6.30. The van der Waals surface area contributed by atoms with Crippen molar-refractivity contribution in [2.45, 2.75) is 6.54 Å². The Morgan fingerprint density at radius 1 is 1.30 bits per heavy atom. The summed E-state index contributed by atoms with van der Waals surface area (Å²) in [5, 5.41) is 7.52. The molecule has 27 heavy (non-hydrogen) atoms. The number of hydrogen-bond acceptors (Lipinski definition) is 7. The average molecular weight is 394 g/mol. The lowest BCUT2D eigenvalue weighted by molar-refractivity contribution is -0.122. The molecule has 1 saturated heterocycles. The van der Waals surface area contributed by atoms with E-state index in [1.807, 2.05) is 24.3 Å². The van der Waals surface area contributed by atoms with Crippen molar-refractivity contribution in [3.63, 3.8) is 0 Å². The first-order chi connectivity index (χ1) is 13.1. The lowest BCUT2D eigenvalue weighted by Gasteiger charge is -2.33. The van der Waals surface area contributed by atoms with E-state index in [-0.39, 0.29) is 5.91 Å². The van der Waals surface area contributed by atoms with Crippen LogP contribution in [0, 0.1) is 0 Å². The van der Waals surface area contributed by atoms with Crippen molar-refractivity contribution >= 4 is 17.5 Å². The number of hydrogen-bond donors (Lipinski definition) is 1. The molecule has 3 rings (SSSR count). The normalized spacial score (nSPS) is 15.8. The summed E-state index contributed by atoms with van der Waals surface area (Å²) in [5.74, 6) is 1.15. The molecule has 2 heterocycles. The Kier molecular flexibility index (Phi) is 7.17. The van der Waals surface area contributed by atoms with Gasteiger partial charge in [0, 0.05) is 50.4 Å². The van der Waals surface area contributed by atoms with Gasteiger partial charge in [-0.3, -0.25) is 14.6 Å². The zero-order valence-corrected chi connectivity index (χ0v) is 16.1. The summed E-state index contributed by atoms with van der Waals surface area (Å²) in [6.07, 6.45) is 0. The van der Waals surface area contributed by atoms with E-state index >= 15 is 0 Å². The predicted molar refractivity (Wildman–Crippen MR) is 101 cm³/mol. The summed E-state index contributed by atoms with van der Waals surface area (Å²) in [5.41, 5.74) is 0.835. The van der Waals surface area contributed by atoms with Crippen LogP contribution < -0.4 is 5.32 Å². The van der Waals surface area contributed by atoms with Gasteiger partial charge in [-0.25, -0.2) is 0 Å². The molecule has 1 fully saturated rings. The maximum Gasteiger partial charge on any atom is 0.241 e. The second-order valence-corrected chi connectivity index (χ2v) is 6.85. The molecule has 1 amide bonds. The first kappa shape index (κ1) is 19.8. The van der Waals surface area contributed by atoms with Gasteiger partial charge in [-0.1, -0.05) is 28.9 Å². The molecule has 146 valence electrons. The van der Waals surface area contributed by atoms with Gasteiger partial charge in [0.05, 0.1) is 19.7 Å². The fourth-order valence-electron chi connectivity index (χ4n) is 2.91. The van der Waals surface area contributed by atoms with Crippen LogP contribution in [0.15, 0.2) is 28.8 Å². The SMILES string of the molecule is COCCNC(=O)CN1CCN(Cc2nc(-c3cccc(Cl)c3)no2)CC1. The van der Waals surface area contributed by atoms with E-state index in [1.165, 1.54) is 0 Å². The molecular formula is C18H24ClN5O3. The average Bonchev–Trinajstić information content (AvgIpc) is 3.12. The number of benzene rings is 1. The van der Waals surface area contributed by atoms with Crippen molar-refractivity contribution in [3.05, 3.63) is 35.2 Å². The standard InChI is InChI=1S/C18H24ClN5O3/c1-26-10-5-20-16(25)12-23-6-8-24(9-7-23)13-17-21-18(22-27-17)14-3-2-4-15(19)11-14/h2-4,11H,5-10,12-13H2,1H3,(H,20,25). The van der Waals surface area contributed by atoms with E-state index in [1.54, 1.807) is 7.11 Å². The molecule has 1 N–H and O–H groups in total. The van der Waals surface area contributed by atoms with E-state index in [0.717, 1.165) is 31.7 Å². The Labute approximate surface area is 163 Å². The van der Waals surface area contributed by atoms with Crippen molar-refractivity contribution in [3.8, 4) is 11.4 Å². The Hall–Kier alpha value is -2.00. The third kappa shape index (κ3) is 6.00. The Bertz CT molecular complexity index is 746. The second kappa shape index (κ2) is 9.80. The minimum atomic E-state index is 0.0311. The van der Waals surface area contributed by atoms with Gasteiger partial charge in [-0.05, 0) is 12.1 Å². The van der Waals surface area contributed by atoms with Gasteiger partial charge in [0.2, 0.25) is 17.6 Å². The number of amides is 1. The van der Waals surface area contributed by atoms with Crippen LogP contribution in [0.1, 0.15) is 5.89 Å². The van der Waals surface area contributed by atoms with Crippen LogP contribution in [0.25, 0.3) is 11.4 Å². The number of halogens is 1. The second-order valence-electron chi connectivity index (χ2n) is 6.42. The molecule has 2 aromatic rings. The van der Waals surface area contributed by atoms with E-state index in [2.05, 4.69) is 25.3 Å². The molecule has 0 unspecified atom stereocenters. The van der Waals surface area contributed by atoms with Crippen LogP contribution in [0.5, 0.6) is 0 Å². The van der Waals surface area contributed by atoms with Gasteiger partial charge < -0.3 is 14.6 Å². The molecule has 0 aliphatic carbocycles. The molecule has 9 heteroatoms. The predicted octanol–water partition coefficient (Wildman–Crippen LogP) is 1.27. The monoisotopic (exact) mass is 393 g/mol. The van der Waals surface area contributed by atoms with E-state index in [4.69, 9.17) is 20.9 Å².